The number of pyridine rings is 1. The highest BCUT2D eigenvalue weighted by atomic mass is 16.6. The number of non-ortho nitro benzene ring substituents is 1. The molecule has 0 aliphatic rings. The van der Waals surface area contributed by atoms with Gasteiger partial charge in [-0.2, -0.15) is 0 Å². The number of hydrogen-bond donors (Lipinski definition) is 0. The van der Waals surface area contributed by atoms with Gasteiger partial charge in [0.1, 0.15) is 5.52 Å². The Morgan fingerprint density at radius 3 is 2.62 bits per heavy atom. The van der Waals surface area contributed by atoms with E-state index in [2.05, 4.69) is 4.98 Å². The van der Waals surface area contributed by atoms with Crippen LogP contribution in [0.2, 0.25) is 0 Å². The molecule has 0 fully saturated rings. The molecule has 0 saturated carbocycles. The van der Waals surface area contributed by atoms with Crippen LogP contribution in [-0.2, 0) is 4.79 Å². The lowest BCUT2D eigenvalue weighted by atomic mass is 10.1. The number of fused-ring (bicyclic) bond motifs is 1. The fraction of sp³-hybridized carbons (Fsp3) is 0. The molecule has 6 nitrogen and oxygen atoms in total. The summed E-state index contributed by atoms with van der Waals surface area (Å²) < 4.78 is 5.27. The van der Waals surface area contributed by atoms with Crippen LogP contribution in [0.25, 0.3) is 17.0 Å². The predicted octanol–water partition coefficient (Wildman–Crippen LogP) is 3.76. The molecule has 0 aliphatic carbocycles. The maximum atomic E-state index is 12.0. The number of rotatable bonds is 4. The summed E-state index contributed by atoms with van der Waals surface area (Å²) in [4.78, 5) is 26.6. The van der Waals surface area contributed by atoms with Gasteiger partial charge in [0.25, 0.3) is 5.69 Å². The van der Waals surface area contributed by atoms with Crippen molar-refractivity contribution in [1.29, 1.82) is 0 Å². The van der Waals surface area contributed by atoms with Crippen molar-refractivity contribution >= 4 is 28.6 Å². The number of hydrogen-bond acceptors (Lipinski definition) is 5. The monoisotopic (exact) mass is 320 g/mol. The van der Waals surface area contributed by atoms with Crippen molar-refractivity contribution in [3.8, 4) is 5.75 Å². The zero-order valence-corrected chi connectivity index (χ0v) is 12.5. The van der Waals surface area contributed by atoms with Gasteiger partial charge >= 0.3 is 5.97 Å². The molecule has 3 rings (SSSR count). The third-order valence-electron chi connectivity index (χ3n) is 3.33. The summed E-state index contributed by atoms with van der Waals surface area (Å²) in [5, 5.41) is 11.4. The van der Waals surface area contributed by atoms with E-state index in [-0.39, 0.29) is 17.0 Å². The fourth-order valence-corrected chi connectivity index (χ4v) is 2.24. The van der Waals surface area contributed by atoms with Crippen molar-refractivity contribution in [2.75, 3.05) is 0 Å². The van der Waals surface area contributed by atoms with E-state index in [4.69, 9.17) is 4.74 Å². The smallest absolute Gasteiger partial charge is 0.336 e. The van der Waals surface area contributed by atoms with E-state index in [1.54, 1.807) is 18.2 Å². The average Bonchev–Trinajstić information content (AvgIpc) is 2.61. The fourth-order valence-electron chi connectivity index (χ4n) is 2.24. The third-order valence-corrected chi connectivity index (χ3v) is 3.33. The Morgan fingerprint density at radius 1 is 1.08 bits per heavy atom. The summed E-state index contributed by atoms with van der Waals surface area (Å²) in [6, 6.07) is 15.1. The quantitative estimate of drug-likeness (QED) is 0.240. The molecule has 3 aromatic rings. The van der Waals surface area contributed by atoms with Crippen molar-refractivity contribution in [1.82, 2.24) is 4.98 Å². The second kappa shape index (κ2) is 6.70. The Kier molecular flexibility index (Phi) is 4.29. The SMILES string of the molecule is O=C(/C=C/c1ccccc1)Oc1ccc([N+](=O)[O-])c2cccnc12. The summed E-state index contributed by atoms with van der Waals surface area (Å²) in [6.07, 6.45) is 4.41. The standard InChI is InChI=1S/C18H12N2O4/c21-17(11-8-13-5-2-1-3-6-13)24-16-10-9-15(20(22)23)14-7-4-12-19-18(14)16/h1-12H/b11-8+. The number of nitro groups is 1. The number of carbonyl (C=O) groups excluding carboxylic acids is 1. The molecule has 118 valence electrons. The highest BCUT2D eigenvalue weighted by Crippen LogP contribution is 2.31. The molecule has 24 heavy (non-hydrogen) atoms. The van der Waals surface area contributed by atoms with Gasteiger partial charge in [0, 0.05) is 18.3 Å². The van der Waals surface area contributed by atoms with Gasteiger partial charge in [0.05, 0.1) is 10.3 Å². The zero-order valence-electron chi connectivity index (χ0n) is 12.5. The van der Waals surface area contributed by atoms with Crippen LogP contribution in [0.4, 0.5) is 5.69 Å². The van der Waals surface area contributed by atoms with Gasteiger partial charge in [0.2, 0.25) is 0 Å². The number of benzene rings is 2. The van der Waals surface area contributed by atoms with Gasteiger partial charge in [-0.05, 0) is 29.8 Å². The maximum absolute atomic E-state index is 12.0. The second-order valence-electron chi connectivity index (χ2n) is 4.90. The van der Waals surface area contributed by atoms with E-state index in [0.717, 1.165) is 5.56 Å². The van der Waals surface area contributed by atoms with Gasteiger partial charge in [-0.1, -0.05) is 30.3 Å². The Labute approximate surface area is 137 Å². The van der Waals surface area contributed by atoms with Gasteiger partial charge in [-0.25, -0.2) is 4.79 Å². The molecule has 0 radical (unpaired) electrons. The topological polar surface area (TPSA) is 82.3 Å². The lowest BCUT2D eigenvalue weighted by molar-refractivity contribution is -0.383. The first kappa shape index (κ1) is 15.4. The zero-order chi connectivity index (χ0) is 16.9. The van der Waals surface area contributed by atoms with Crippen LogP contribution in [0.3, 0.4) is 0 Å². The van der Waals surface area contributed by atoms with E-state index in [0.29, 0.717) is 5.39 Å². The summed E-state index contributed by atoms with van der Waals surface area (Å²) in [6.45, 7) is 0. The molecule has 6 heteroatoms. The minimum Gasteiger partial charge on any atom is -0.421 e. The molecule has 0 bridgehead atoms. The summed E-state index contributed by atoms with van der Waals surface area (Å²) in [5.74, 6) is -0.404. The lowest BCUT2D eigenvalue weighted by Gasteiger charge is -2.05. The molecule has 0 aliphatic heterocycles. The Balaban J connectivity index is 1.88. The van der Waals surface area contributed by atoms with E-state index in [1.165, 1.54) is 24.4 Å². The number of ether oxygens (including phenoxy) is 1. The van der Waals surface area contributed by atoms with E-state index in [9.17, 15) is 14.9 Å². The Morgan fingerprint density at radius 2 is 1.88 bits per heavy atom. The maximum Gasteiger partial charge on any atom is 0.336 e. The molecule has 1 aromatic heterocycles. The van der Waals surface area contributed by atoms with Crippen LogP contribution in [0.1, 0.15) is 5.56 Å². The van der Waals surface area contributed by atoms with E-state index >= 15 is 0 Å². The molecular weight excluding hydrogens is 308 g/mol. The van der Waals surface area contributed by atoms with Gasteiger partial charge in [0.15, 0.2) is 5.75 Å². The molecule has 0 atom stereocenters. The van der Waals surface area contributed by atoms with Crippen LogP contribution in [0.5, 0.6) is 5.75 Å². The van der Waals surface area contributed by atoms with Gasteiger partial charge in [-0.3, -0.25) is 15.1 Å². The van der Waals surface area contributed by atoms with Gasteiger partial charge < -0.3 is 4.74 Å². The van der Waals surface area contributed by atoms with Crippen molar-refractivity contribution in [2.45, 2.75) is 0 Å². The highest BCUT2D eigenvalue weighted by molar-refractivity contribution is 5.95. The number of nitro benzene ring substituents is 1. The van der Waals surface area contributed by atoms with Crippen molar-refractivity contribution in [3.05, 3.63) is 82.5 Å². The third kappa shape index (κ3) is 3.27. The van der Waals surface area contributed by atoms with Crippen LogP contribution < -0.4 is 4.74 Å². The largest absolute Gasteiger partial charge is 0.421 e. The van der Waals surface area contributed by atoms with Crippen molar-refractivity contribution < 1.29 is 14.5 Å². The molecule has 0 unspecified atom stereocenters. The van der Waals surface area contributed by atoms with Gasteiger partial charge in [-0.15, -0.1) is 0 Å². The number of carbonyl (C=O) groups is 1. The average molecular weight is 320 g/mol. The van der Waals surface area contributed by atoms with Crippen molar-refractivity contribution in [3.63, 3.8) is 0 Å². The van der Waals surface area contributed by atoms with E-state index < -0.39 is 10.9 Å². The predicted molar refractivity (Wildman–Crippen MR) is 89.5 cm³/mol. The van der Waals surface area contributed by atoms with Crippen LogP contribution in [0.15, 0.2) is 66.9 Å². The first-order valence-corrected chi connectivity index (χ1v) is 7.12. The number of esters is 1. The van der Waals surface area contributed by atoms with Crippen LogP contribution >= 0.6 is 0 Å². The minimum atomic E-state index is -0.584. The molecule has 0 spiro atoms. The summed E-state index contributed by atoms with van der Waals surface area (Å²) in [7, 11) is 0. The minimum absolute atomic E-state index is 0.0854. The molecule has 1 heterocycles. The molecule has 2 aromatic carbocycles. The van der Waals surface area contributed by atoms with E-state index in [1.807, 2.05) is 30.3 Å². The van der Waals surface area contributed by atoms with Crippen LogP contribution in [-0.4, -0.2) is 15.9 Å². The van der Waals surface area contributed by atoms with Crippen LogP contribution in [0, 0.1) is 10.1 Å². The molecule has 0 amide bonds. The summed E-state index contributed by atoms with van der Waals surface area (Å²) >= 11 is 0. The molecular formula is C18H12N2O4. The highest BCUT2D eigenvalue weighted by Gasteiger charge is 2.16. The first-order chi connectivity index (χ1) is 11.6. The number of nitrogens with zero attached hydrogens (tertiary/aromatic N) is 2. The Hall–Kier alpha value is -3.54. The first-order valence-electron chi connectivity index (χ1n) is 7.12. The van der Waals surface area contributed by atoms with Crippen molar-refractivity contribution in [2.24, 2.45) is 0 Å². The summed E-state index contributed by atoms with van der Waals surface area (Å²) in [5.41, 5.74) is 1.05. The number of aromatic nitrogens is 1. The normalized spacial score (nSPS) is 10.8. The second-order valence-corrected chi connectivity index (χ2v) is 4.90. The molecule has 0 N–H and O–H groups in total. The molecule has 0 saturated heterocycles. The Bertz CT molecular complexity index is 936. The lowest BCUT2D eigenvalue weighted by Crippen LogP contribution is -2.05.